The molecule has 0 radical (unpaired) electrons. The molecule has 0 bridgehead atoms. The molecule has 0 N–H and O–H groups in total. The monoisotopic (exact) mass is 212 g/mol. The molecule has 0 saturated heterocycles. The first-order valence-electron chi connectivity index (χ1n) is 6.51. The number of carbonyl (C=O) groups is 1. The van der Waals surface area contributed by atoms with Gasteiger partial charge in [0.25, 0.3) is 0 Å². The average Bonchev–Trinajstić information content (AvgIpc) is 2.14. The highest BCUT2D eigenvalue weighted by Gasteiger charge is 2.19. The highest BCUT2D eigenvalue weighted by molar-refractivity contribution is 5.83. The Morgan fingerprint density at radius 2 is 1.33 bits per heavy atom. The third-order valence-corrected chi connectivity index (χ3v) is 2.84. The molecule has 0 amide bonds. The van der Waals surface area contributed by atoms with Gasteiger partial charge in [-0.05, 0) is 6.42 Å². The van der Waals surface area contributed by atoms with E-state index in [1.807, 2.05) is 20.8 Å². The van der Waals surface area contributed by atoms with Crippen molar-refractivity contribution in [2.75, 3.05) is 0 Å². The Hall–Kier alpha value is -0.330. The minimum atomic E-state index is -0.137. The molecular formula is C14H28O. The van der Waals surface area contributed by atoms with Crippen molar-refractivity contribution >= 4 is 5.78 Å². The van der Waals surface area contributed by atoms with Gasteiger partial charge in [0.05, 0.1) is 0 Å². The number of ketones is 1. The number of carbonyl (C=O) groups excluding carboxylic acids is 1. The predicted octanol–water partition coefficient (Wildman–Crippen LogP) is 4.74. The van der Waals surface area contributed by atoms with Crippen molar-refractivity contribution in [3.63, 3.8) is 0 Å². The van der Waals surface area contributed by atoms with Gasteiger partial charge in [0.15, 0.2) is 0 Å². The van der Waals surface area contributed by atoms with Crippen LogP contribution in [0.25, 0.3) is 0 Å². The molecule has 0 heterocycles. The van der Waals surface area contributed by atoms with Crippen LogP contribution in [0.3, 0.4) is 0 Å². The second kappa shape index (κ2) is 7.90. The molecule has 0 aromatic rings. The van der Waals surface area contributed by atoms with Crippen LogP contribution < -0.4 is 0 Å². The molecule has 1 nitrogen and oxygen atoms in total. The molecule has 0 atom stereocenters. The highest BCUT2D eigenvalue weighted by atomic mass is 16.1. The van der Waals surface area contributed by atoms with Crippen LogP contribution in [-0.2, 0) is 4.79 Å². The molecule has 0 rings (SSSR count). The Labute approximate surface area is 95.6 Å². The number of rotatable bonds is 8. The molecule has 0 aromatic heterocycles. The molecule has 0 aliphatic carbocycles. The first-order chi connectivity index (χ1) is 6.98. The fourth-order valence-electron chi connectivity index (χ4n) is 1.62. The second-order valence-electron chi connectivity index (χ2n) is 5.54. The van der Waals surface area contributed by atoms with Crippen LogP contribution in [0.4, 0.5) is 0 Å². The van der Waals surface area contributed by atoms with Crippen LogP contribution in [0.15, 0.2) is 0 Å². The summed E-state index contributed by atoms with van der Waals surface area (Å²) in [4.78, 5) is 11.6. The fraction of sp³-hybridized carbons (Fsp3) is 0.929. The molecule has 15 heavy (non-hydrogen) atoms. The van der Waals surface area contributed by atoms with Gasteiger partial charge >= 0.3 is 0 Å². The van der Waals surface area contributed by atoms with E-state index in [1.54, 1.807) is 0 Å². The summed E-state index contributed by atoms with van der Waals surface area (Å²) in [6.07, 6.45) is 9.77. The van der Waals surface area contributed by atoms with E-state index < -0.39 is 0 Å². The maximum atomic E-state index is 11.6. The zero-order chi connectivity index (χ0) is 11.7. The van der Waals surface area contributed by atoms with Crippen LogP contribution in [0.2, 0.25) is 0 Å². The summed E-state index contributed by atoms with van der Waals surface area (Å²) in [5.74, 6) is 0.413. The van der Waals surface area contributed by atoms with E-state index in [0.29, 0.717) is 5.78 Å². The summed E-state index contributed by atoms with van der Waals surface area (Å²) in [5.41, 5.74) is -0.137. The number of hydrogen-bond donors (Lipinski definition) is 0. The molecule has 0 aliphatic rings. The van der Waals surface area contributed by atoms with E-state index in [-0.39, 0.29) is 5.41 Å². The number of unbranched alkanes of at least 4 members (excludes halogenated alkanes) is 6. The van der Waals surface area contributed by atoms with Crippen LogP contribution in [0, 0.1) is 5.41 Å². The number of Topliss-reactive ketones (excluding diaryl/α,β-unsaturated/α-hetero) is 1. The summed E-state index contributed by atoms with van der Waals surface area (Å²) in [7, 11) is 0. The zero-order valence-electron chi connectivity index (χ0n) is 11.1. The van der Waals surface area contributed by atoms with E-state index >= 15 is 0 Å². The summed E-state index contributed by atoms with van der Waals surface area (Å²) in [6.45, 7) is 8.27. The minimum absolute atomic E-state index is 0.137. The van der Waals surface area contributed by atoms with Crippen molar-refractivity contribution in [2.45, 2.75) is 79.1 Å². The van der Waals surface area contributed by atoms with Crippen LogP contribution >= 0.6 is 0 Å². The summed E-state index contributed by atoms with van der Waals surface area (Å²) < 4.78 is 0. The fourth-order valence-corrected chi connectivity index (χ4v) is 1.62. The van der Waals surface area contributed by atoms with Crippen molar-refractivity contribution in [2.24, 2.45) is 5.41 Å². The van der Waals surface area contributed by atoms with Crippen molar-refractivity contribution in [1.82, 2.24) is 0 Å². The standard InChI is InChI=1S/C14H28O/c1-5-6-7-8-9-10-11-12-13(15)14(2,3)4/h5-12H2,1-4H3. The van der Waals surface area contributed by atoms with Gasteiger partial charge < -0.3 is 0 Å². The molecule has 0 spiro atoms. The van der Waals surface area contributed by atoms with Crippen molar-refractivity contribution in [3.05, 3.63) is 0 Å². The third-order valence-electron chi connectivity index (χ3n) is 2.84. The molecule has 0 aromatic carbocycles. The molecule has 90 valence electrons. The first-order valence-corrected chi connectivity index (χ1v) is 6.51. The smallest absolute Gasteiger partial charge is 0.138 e. The van der Waals surface area contributed by atoms with E-state index in [9.17, 15) is 4.79 Å². The Bertz CT molecular complexity index is 165. The van der Waals surface area contributed by atoms with Gasteiger partial charge in [-0.2, -0.15) is 0 Å². The van der Waals surface area contributed by atoms with Gasteiger partial charge in [0.1, 0.15) is 5.78 Å². The molecule has 1 heteroatoms. The normalized spacial score (nSPS) is 11.7. The van der Waals surface area contributed by atoms with Gasteiger partial charge in [0.2, 0.25) is 0 Å². The molecule has 0 saturated carbocycles. The highest BCUT2D eigenvalue weighted by Crippen LogP contribution is 2.19. The van der Waals surface area contributed by atoms with Crippen molar-refractivity contribution in [3.8, 4) is 0 Å². The Kier molecular flexibility index (Phi) is 7.72. The summed E-state index contributed by atoms with van der Waals surface area (Å²) in [6, 6.07) is 0. The van der Waals surface area contributed by atoms with Gasteiger partial charge in [-0.1, -0.05) is 66.2 Å². The van der Waals surface area contributed by atoms with Crippen LogP contribution in [0.1, 0.15) is 79.1 Å². The van der Waals surface area contributed by atoms with Crippen molar-refractivity contribution in [1.29, 1.82) is 0 Å². The maximum Gasteiger partial charge on any atom is 0.138 e. The predicted molar refractivity (Wildman–Crippen MR) is 67.1 cm³/mol. The molecule has 0 aliphatic heterocycles. The topological polar surface area (TPSA) is 17.1 Å². The van der Waals surface area contributed by atoms with E-state index in [2.05, 4.69) is 6.92 Å². The van der Waals surface area contributed by atoms with Crippen LogP contribution in [-0.4, -0.2) is 5.78 Å². The Morgan fingerprint density at radius 1 is 0.867 bits per heavy atom. The van der Waals surface area contributed by atoms with E-state index in [1.165, 1.54) is 38.5 Å². The van der Waals surface area contributed by atoms with E-state index in [4.69, 9.17) is 0 Å². The van der Waals surface area contributed by atoms with E-state index in [0.717, 1.165) is 12.8 Å². The van der Waals surface area contributed by atoms with Gasteiger partial charge in [-0.25, -0.2) is 0 Å². The minimum Gasteiger partial charge on any atom is -0.299 e. The largest absolute Gasteiger partial charge is 0.299 e. The lowest BCUT2D eigenvalue weighted by atomic mass is 9.88. The van der Waals surface area contributed by atoms with Gasteiger partial charge in [-0.3, -0.25) is 4.79 Å². The molecule has 0 unspecified atom stereocenters. The second-order valence-corrected chi connectivity index (χ2v) is 5.54. The van der Waals surface area contributed by atoms with Crippen LogP contribution in [0.5, 0.6) is 0 Å². The number of hydrogen-bond acceptors (Lipinski definition) is 1. The Morgan fingerprint density at radius 3 is 1.80 bits per heavy atom. The Balaban J connectivity index is 3.28. The first kappa shape index (κ1) is 14.7. The summed E-state index contributed by atoms with van der Waals surface area (Å²) >= 11 is 0. The maximum absolute atomic E-state index is 11.6. The lowest BCUT2D eigenvalue weighted by molar-refractivity contribution is -0.126. The zero-order valence-corrected chi connectivity index (χ0v) is 11.1. The SMILES string of the molecule is CCCCCCCCCC(=O)C(C)(C)C. The lowest BCUT2D eigenvalue weighted by Gasteiger charge is -2.16. The lowest BCUT2D eigenvalue weighted by Crippen LogP contribution is -2.19. The van der Waals surface area contributed by atoms with Gasteiger partial charge in [0, 0.05) is 11.8 Å². The molecular weight excluding hydrogens is 184 g/mol. The third kappa shape index (κ3) is 8.65. The molecule has 0 fully saturated rings. The quantitative estimate of drug-likeness (QED) is 0.531. The average molecular weight is 212 g/mol. The van der Waals surface area contributed by atoms with Crippen molar-refractivity contribution < 1.29 is 4.79 Å². The summed E-state index contributed by atoms with van der Waals surface area (Å²) in [5, 5.41) is 0. The van der Waals surface area contributed by atoms with Gasteiger partial charge in [-0.15, -0.1) is 0 Å².